The molecule has 0 saturated carbocycles. The summed E-state index contributed by atoms with van der Waals surface area (Å²) in [4.78, 5) is 0. The Hall–Kier alpha value is 0.190. The van der Waals surface area contributed by atoms with E-state index in [9.17, 15) is 4.57 Å². The van der Waals surface area contributed by atoms with E-state index >= 15 is 0 Å². The van der Waals surface area contributed by atoms with Crippen LogP contribution in [0.2, 0.25) is 0 Å². The molecule has 2 atom stereocenters. The van der Waals surface area contributed by atoms with Crippen molar-refractivity contribution in [2.45, 2.75) is 25.9 Å². The Morgan fingerprint density at radius 2 is 2.10 bits per heavy atom. The van der Waals surface area contributed by atoms with Gasteiger partial charge in [0.1, 0.15) is 0 Å². The fraction of sp³-hybridized carbons (Fsp3) is 1.00. The Bertz CT molecular complexity index is 186. The van der Waals surface area contributed by atoms with Crippen molar-refractivity contribution in [3.63, 3.8) is 0 Å². The van der Waals surface area contributed by atoms with Crippen LogP contribution in [0.1, 0.15) is 20.8 Å². The smallest absolute Gasteiger partial charge is 0.208 e. The molecule has 0 unspecified atom stereocenters. The molecule has 1 aliphatic rings. The topological polar surface area (TPSA) is 26.3 Å². The molecule has 0 aliphatic carbocycles. The van der Waals surface area contributed by atoms with Crippen molar-refractivity contribution in [2.24, 2.45) is 5.92 Å². The molecule has 0 bridgehead atoms. The fourth-order valence-corrected chi connectivity index (χ4v) is 4.06. The first-order valence-corrected chi connectivity index (χ1v) is 5.40. The average Bonchev–Trinajstić information content (AvgIpc) is 1.88. The molecule has 0 amide bonds. The summed E-state index contributed by atoms with van der Waals surface area (Å²) in [6.07, 6.45) is 0.760. The third-order valence-corrected chi connectivity index (χ3v) is 6.71. The molecule has 1 fully saturated rings. The van der Waals surface area contributed by atoms with Crippen molar-refractivity contribution < 1.29 is 9.09 Å². The molecule has 0 radical (unpaired) electrons. The van der Waals surface area contributed by atoms with Crippen LogP contribution < -0.4 is 0 Å². The van der Waals surface area contributed by atoms with Gasteiger partial charge >= 0.3 is 0 Å². The summed E-state index contributed by atoms with van der Waals surface area (Å²) in [6, 6.07) is 0. The lowest BCUT2D eigenvalue weighted by atomic mass is 9.98. The Balaban J connectivity index is 2.81. The van der Waals surface area contributed by atoms with Gasteiger partial charge < -0.3 is 4.52 Å². The van der Waals surface area contributed by atoms with E-state index in [-0.39, 0.29) is 5.16 Å². The maximum atomic E-state index is 11.7. The molecule has 0 aromatic carbocycles. The van der Waals surface area contributed by atoms with Crippen LogP contribution in [0, 0.1) is 5.92 Å². The van der Waals surface area contributed by atoms with Gasteiger partial charge in [-0.25, -0.2) is 0 Å². The lowest BCUT2D eigenvalue weighted by Gasteiger charge is -2.48. The highest BCUT2D eigenvalue weighted by Gasteiger charge is 2.55. The van der Waals surface area contributed by atoms with Crippen LogP contribution in [0.5, 0.6) is 0 Å². The first kappa shape index (κ1) is 8.29. The van der Waals surface area contributed by atoms with E-state index in [1.54, 1.807) is 7.11 Å². The second-order valence-electron chi connectivity index (χ2n) is 3.59. The Morgan fingerprint density at radius 1 is 1.60 bits per heavy atom. The lowest BCUT2D eigenvalue weighted by Crippen LogP contribution is -2.43. The molecule has 1 aliphatic heterocycles. The maximum Gasteiger partial charge on any atom is 0.208 e. The van der Waals surface area contributed by atoms with Gasteiger partial charge in [0.2, 0.25) is 7.37 Å². The highest BCUT2D eigenvalue weighted by atomic mass is 31.2. The average molecular weight is 162 g/mol. The van der Waals surface area contributed by atoms with Crippen LogP contribution in [0.4, 0.5) is 0 Å². The van der Waals surface area contributed by atoms with Crippen LogP contribution in [0.15, 0.2) is 0 Å². The normalized spacial score (nSPS) is 44.6. The van der Waals surface area contributed by atoms with E-state index in [1.165, 1.54) is 0 Å². The van der Waals surface area contributed by atoms with Crippen molar-refractivity contribution in [2.75, 3.05) is 13.3 Å². The summed E-state index contributed by atoms with van der Waals surface area (Å²) in [5.41, 5.74) is 0. The van der Waals surface area contributed by atoms with E-state index in [0.29, 0.717) is 5.92 Å². The molecule has 0 N–H and O–H groups in total. The zero-order valence-electron chi connectivity index (χ0n) is 7.05. The predicted octanol–water partition coefficient (Wildman–Crippen LogP) is 2.34. The molecule has 60 valence electrons. The minimum absolute atomic E-state index is 0.0816. The van der Waals surface area contributed by atoms with Gasteiger partial charge in [0, 0.05) is 18.4 Å². The molecule has 2 nitrogen and oxygen atoms in total. The van der Waals surface area contributed by atoms with Crippen LogP contribution in [-0.4, -0.2) is 18.4 Å². The molecular formula is C7H15O2P. The summed E-state index contributed by atoms with van der Waals surface area (Å²) in [7, 11) is -0.683. The Labute approximate surface area is 62.4 Å². The molecular weight excluding hydrogens is 147 g/mol. The lowest BCUT2D eigenvalue weighted by molar-refractivity contribution is 0.290. The quantitative estimate of drug-likeness (QED) is 0.553. The first-order chi connectivity index (χ1) is 4.44. The Morgan fingerprint density at radius 3 is 2.20 bits per heavy atom. The van der Waals surface area contributed by atoms with Crippen molar-refractivity contribution in [1.82, 2.24) is 0 Å². The fourth-order valence-electron chi connectivity index (χ4n) is 1.35. The van der Waals surface area contributed by atoms with Gasteiger partial charge in [0.05, 0.1) is 0 Å². The van der Waals surface area contributed by atoms with E-state index in [2.05, 4.69) is 6.92 Å². The minimum atomic E-state index is -2.23. The molecule has 0 aromatic heterocycles. The molecule has 0 aromatic rings. The van der Waals surface area contributed by atoms with Crippen LogP contribution in [0.25, 0.3) is 0 Å². The van der Waals surface area contributed by atoms with Gasteiger partial charge in [-0.3, -0.25) is 4.57 Å². The second kappa shape index (κ2) is 2.09. The third kappa shape index (κ3) is 0.787. The van der Waals surface area contributed by atoms with E-state index in [0.717, 1.165) is 6.16 Å². The predicted molar refractivity (Wildman–Crippen MR) is 42.7 cm³/mol. The summed E-state index contributed by atoms with van der Waals surface area (Å²) < 4.78 is 16.7. The monoisotopic (exact) mass is 162 g/mol. The summed E-state index contributed by atoms with van der Waals surface area (Å²) >= 11 is 0. The summed E-state index contributed by atoms with van der Waals surface area (Å²) in [5.74, 6) is 0.540. The van der Waals surface area contributed by atoms with E-state index in [4.69, 9.17) is 4.52 Å². The second-order valence-corrected chi connectivity index (χ2v) is 6.82. The van der Waals surface area contributed by atoms with Crippen LogP contribution >= 0.6 is 7.37 Å². The molecule has 3 heteroatoms. The van der Waals surface area contributed by atoms with Crippen LogP contribution in [-0.2, 0) is 9.09 Å². The minimum Gasteiger partial charge on any atom is -0.331 e. The Kier molecular flexibility index (Phi) is 1.73. The highest BCUT2D eigenvalue weighted by Crippen LogP contribution is 2.71. The zero-order valence-corrected chi connectivity index (χ0v) is 7.94. The molecule has 1 rings (SSSR count). The summed E-state index contributed by atoms with van der Waals surface area (Å²) in [5, 5.41) is -0.0816. The molecule has 0 spiro atoms. The third-order valence-electron chi connectivity index (χ3n) is 2.89. The van der Waals surface area contributed by atoms with Gasteiger partial charge in [-0.15, -0.1) is 0 Å². The van der Waals surface area contributed by atoms with Gasteiger partial charge in [-0.1, -0.05) is 20.8 Å². The van der Waals surface area contributed by atoms with Crippen LogP contribution in [0.3, 0.4) is 0 Å². The molecule has 1 heterocycles. The number of hydrogen-bond acceptors (Lipinski definition) is 2. The standard InChI is InChI=1S/C7H15O2P/c1-6-5-10(8,9-4)7(6,2)3/h6H,5H2,1-4H3/t6-,10+/m0/s1. The highest BCUT2D eigenvalue weighted by molar-refractivity contribution is 7.62. The van der Waals surface area contributed by atoms with Crippen molar-refractivity contribution in [3.8, 4) is 0 Å². The van der Waals surface area contributed by atoms with Crippen molar-refractivity contribution >= 4 is 7.37 Å². The number of rotatable bonds is 1. The van der Waals surface area contributed by atoms with Gasteiger partial charge in [-0.2, -0.15) is 0 Å². The first-order valence-electron chi connectivity index (χ1n) is 3.59. The van der Waals surface area contributed by atoms with Gasteiger partial charge in [-0.05, 0) is 5.92 Å². The number of hydrogen-bond donors (Lipinski definition) is 0. The molecule has 1 saturated heterocycles. The zero-order chi connectivity index (χ0) is 7.99. The SMILES string of the molecule is CO[P@]1(=O)C[C@H](C)C1(C)C. The maximum absolute atomic E-state index is 11.7. The van der Waals surface area contributed by atoms with Gasteiger partial charge in [0.25, 0.3) is 0 Å². The van der Waals surface area contributed by atoms with E-state index < -0.39 is 7.37 Å². The van der Waals surface area contributed by atoms with Crippen molar-refractivity contribution in [3.05, 3.63) is 0 Å². The van der Waals surface area contributed by atoms with Gasteiger partial charge in [0.15, 0.2) is 0 Å². The van der Waals surface area contributed by atoms with Crippen molar-refractivity contribution in [1.29, 1.82) is 0 Å². The van der Waals surface area contributed by atoms with E-state index in [1.807, 2.05) is 13.8 Å². The molecule has 10 heavy (non-hydrogen) atoms. The summed E-state index contributed by atoms with van der Waals surface area (Å²) in [6.45, 7) is 6.16. The largest absolute Gasteiger partial charge is 0.331 e.